The van der Waals surface area contributed by atoms with Gasteiger partial charge in [-0.15, -0.1) is 0 Å². The molecule has 0 unspecified atom stereocenters. The van der Waals surface area contributed by atoms with Crippen LogP contribution in [0.15, 0.2) is 22.8 Å². The highest BCUT2D eigenvalue weighted by atomic mass is 79.9. The third-order valence-corrected chi connectivity index (χ3v) is 2.65. The van der Waals surface area contributed by atoms with Gasteiger partial charge in [-0.1, -0.05) is 6.07 Å². The minimum Gasteiger partial charge on any atom is -0.377 e. The Morgan fingerprint density at radius 2 is 2.36 bits per heavy atom. The fourth-order valence-corrected chi connectivity index (χ4v) is 1.74. The first-order valence-corrected chi connectivity index (χ1v) is 5.31. The van der Waals surface area contributed by atoms with Gasteiger partial charge < -0.3 is 4.74 Å². The van der Waals surface area contributed by atoms with Crippen molar-refractivity contribution in [1.82, 2.24) is 10.2 Å². The summed E-state index contributed by atoms with van der Waals surface area (Å²) in [5.41, 5.74) is 2.14. The quantitative estimate of drug-likeness (QED) is 0.915. The molecule has 2 aromatic rings. The summed E-state index contributed by atoms with van der Waals surface area (Å²) < 4.78 is 6.26. The monoisotopic (exact) mass is 254 g/mol. The standard InChI is InChI=1S/C10H11BrN2O/c1-2-14-6-7-3-4-9-8(5-7)10(11)13-12-9/h3-5H,2,6H2,1H3,(H,12,13). The number of benzene rings is 1. The fraction of sp³-hybridized carbons (Fsp3) is 0.300. The van der Waals surface area contributed by atoms with E-state index in [-0.39, 0.29) is 0 Å². The van der Waals surface area contributed by atoms with Crippen LogP contribution >= 0.6 is 15.9 Å². The molecule has 0 radical (unpaired) electrons. The summed E-state index contributed by atoms with van der Waals surface area (Å²) in [5, 5.41) is 8.11. The lowest BCUT2D eigenvalue weighted by Gasteiger charge is -2.00. The van der Waals surface area contributed by atoms with E-state index in [9.17, 15) is 0 Å². The molecule has 0 bridgehead atoms. The third-order valence-electron chi connectivity index (χ3n) is 2.04. The van der Waals surface area contributed by atoms with E-state index >= 15 is 0 Å². The second-order valence-corrected chi connectivity index (χ2v) is 3.82. The number of fused-ring (bicyclic) bond motifs is 1. The van der Waals surface area contributed by atoms with Crippen LogP contribution in [0.2, 0.25) is 0 Å². The van der Waals surface area contributed by atoms with Crippen molar-refractivity contribution in [2.75, 3.05) is 6.61 Å². The van der Waals surface area contributed by atoms with Crippen molar-refractivity contribution in [3.8, 4) is 0 Å². The van der Waals surface area contributed by atoms with Crippen LogP contribution in [0.1, 0.15) is 12.5 Å². The number of aromatic nitrogens is 2. The van der Waals surface area contributed by atoms with E-state index in [0.29, 0.717) is 6.61 Å². The topological polar surface area (TPSA) is 37.9 Å². The van der Waals surface area contributed by atoms with Gasteiger partial charge in [-0.25, -0.2) is 0 Å². The molecule has 0 amide bonds. The van der Waals surface area contributed by atoms with Gasteiger partial charge in [-0.2, -0.15) is 5.10 Å². The number of hydrogen-bond acceptors (Lipinski definition) is 2. The Kier molecular flexibility index (Phi) is 2.84. The van der Waals surface area contributed by atoms with Gasteiger partial charge in [-0.05, 0) is 40.5 Å². The van der Waals surface area contributed by atoms with Gasteiger partial charge in [0.1, 0.15) is 4.60 Å². The second-order valence-electron chi connectivity index (χ2n) is 3.03. The summed E-state index contributed by atoms with van der Waals surface area (Å²) in [6.45, 7) is 3.39. The molecule has 74 valence electrons. The van der Waals surface area contributed by atoms with E-state index in [4.69, 9.17) is 4.74 Å². The lowest BCUT2D eigenvalue weighted by molar-refractivity contribution is 0.134. The molecule has 4 heteroatoms. The summed E-state index contributed by atoms with van der Waals surface area (Å²) in [5.74, 6) is 0. The number of aromatic amines is 1. The third kappa shape index (κ3) is 1.81. The zero-order valence-corrected chi connectivity index (χ0v) is 9.47. The number of nitrogens with zero attached hydrogens (tertiary/aromatic N) is 1. The first-order chi connectivity index (χ1) is 6.81. The first kappa shape index (κ1) is 9.68. The van der Waals surface area contributed by atoms with Crippen molar-refractivity contribution in [2.24, 2.45) is 0 Å². The van der Waals surface area contributed by atoms with Crippen LogP contribution in [0.5, 0.6) is 0 Å². The molecule has 1 aromatic carbocycles. The maximum absolute atomic E-state index is 5.34. The number of halogens is 1. The van der Waals surface area contributed by atoms with E-state index in [1.807, 2.05) is 19.1 Å². The van der Waals surface area contributed by atoms with Gasteiger partial charge in [0.15, 0.2) is 0 Å². The largest absolute Gasteiger partial charge is 0.377 e. The predicted octanol–water partition coefficient (Wildman–Crippen LogP) is 2.86. The van der Waals surface area contributed by atoms with Gasteiger partial charge in [-0.3, -0.25) is 5.10 Å². The van der Waals surface area contributed by atoms with E-state index in [1.54, 1.807) is 0 Å². The molecule has 0 atom stereocenters. The molecule has 0 spiro atoms. The molecule has 0 aliphatic carbocycles. The number of rotatable bonds is 3. The highest BCUT2D eigenvalue weighted by Crippen LogP contribution is 2.22. The molecular weight excluding hydrogens is 244 g/mol. The smallest absolute Gasteiger partial charge is 0.108 e. The number of nitrogens with one attached hydrogen (secondary N) is 1. The van der Waals surface area contributed by atoms with Crippen LogP contribution in [-0.2, 0) is 11.3 Å². The summed E-state index contributed by atoms with van der Waals surface area (Å²) in [6.07, 6.45) is 0. The predicted molar refractivity (Wildman–Crippen MR) is 59.1 cm³/mol. The van der Waals surface area contributed by atoms with Crippen LogP contribution in [-0.4, -0.2) is 16.8 Å². The van der Waals surface area contributed by atoms with Crippen molar-refractivity contribution in [3.05, 3.63) is 28.4 Å². The minimum atomic E-state index is 0.657. The molecule has 0 saturated carbocycles. The Morgan fingerprint density at radius 3 is 3.14 bits per heavy atom. The average Bonchev–Trinajstić information content (AvgIpc) is 2.57. The Morgan fingerprint density at radius 1 is 1.50 bits per heavy atom. The maximum atomic E-state index is 5.34. The Balaban J connectivity index is 2.34. The zero-order valence-electron chi connectivity index (χ0n) is 7.88. The highest BCUT2D eigenvalue weighted by molar-refractivity contribution is 9.10. The Hall–Kier alpha value is -0.870. The van der Waals surface area contributed by atoms with Crippen molar-refractivity contribution in [1.29, 1.82) is 0 Å². The van der Waals surface area contributed by atoms with Gasteiger partial charge in [0.25, 0.3) is 0 Å². The molecule has 0 fully saturated rings. The van der Waals surface area contributed by atoms with Crippen LogP contribution in [0.4, 0.5) is 0 Å². The van der Waals surface area contributed by atoms with Crippen LogP contribution < -0.4 is 0 Å². The summed E-state index contributed by atoms with van der Waals surface area (Å²) in [6, 6.07) is 6.11. The van der Waals surface area contributed by atoms with Gasteiger partial charge in [0.2, 0.25) is 0 Å². The fourth-order valence-electron chi connectivity index (χ4n) is 1.34. The molecule has 0 saturated heterocycles. The number of ether oxygens (including phenoxy) is 1. The highest BCUT2D eigenvalue weighted by Gasteiger charge is 2.03. The van der Waals surface area contributed by atoms with Crippen molar-refractivity contribution >= 4 is 26.8 Å². The molecule has 1 N–H and O–H groups in total. The second kappa shape index (κ2) is 4.11. The normalized spacial score (nSPS) is 11.0. The van der Waals surface area contributed by atoms with Crippen molar-refractivity contribution in [3.63, 3.8) is 0 Å². The van der Waals surface area contributed by atoms with E-state index < -0.39 is 0 Å². The van der Waals surface area contributed by atoms with E-state index in [1.165, 1.54) is 5.56 Å². The molecule has 0 aliphatic rings. The molecule has 1 aromatic heterocycles. The van der Waals surface area contributed by atoms with E-state index in [0.717, 1.165) is 22.1 Å². The average molecular weight is 255 g/mol. The van der Waals surface area contributed by atoms with Crippen LogP contribution in [0.25, 0.3) is 10.9 Å². The van der Waals surface area contributed by atoms with Crippen molar-refractivity contribution in [2.45, 2.75) is 13.5 Å². The number of H-pyrrole nitrogens is 1. The van der Waals surface area contributed by atoms with E-state index in [2.05, 4.69) is 32.2 Å². The Labute approximate surface area is 90.6 Å². The molecular formula is C10H11BrN2O. The zero-order chi connectivity index (χ0) is 9.97. The molecule has 0 aliphatic heterocycles. The maximum Gasteiger partial charge on any atom is 0.108 e. The van der Waals surface area contributed by atoms with Gasteiger partial charge in [0.05, 0.1) is 12.1 Å². The first-order valence-electron chi connectivity index (χ1n) is 4.51. The molecule has 1 heterocycles. The Bertz CT molecular complexity index is 439. The minimum absolute atomic E-state index is 0.657. The van der Waals surface area contributed by atoms with Gasteiger partial charge in [0, 0.05) is 12.0 Å². The molecule has 3 nitrogen and oxygen atoms in total. The van der Waals surface area contributed by atoms with Crippen molar-refractivity contribution < 1.29 is 4.74 Å². The summed E-state index contributed by atoms with van der Waals surface area (Å²) in [7, 11) is 0. The summed E-state index contributed by atoms with van der Waals surface area (Å²) >= 11 is 3.41. The summed E-state index contributed by atoms with van der Waals surface area (Å²) in [4.78, 5) is 0. The lowest BCUT2D eigenvalue weighted by atomic mass is 10.2. The molecule has 2 rings (SSSR count). The lowest BCUT2D eigenvalue weighted by Crippen LogP contribution is -1.90. The van der Waals surface area contributed by atoms with Gasteiger partial charge >= 0.3 is 0 Å². The SMILES string of the molecule is CCOCc1ccc2n[nH]c(Br)c2c1. The number of hydrogen-bond donors (Lipinski definition) is 1. The van der Waals surface area contributed by atoms with Crippen LogP contribution in [0, 0.1) is 0 Å². The molecule has 14 heavy (non-hydrogen) atoms. The van der Waals surface area contributed by atoms with Crippen LogP contribution in [0.3, 0.4) is 0 Å².